The van der Waals surface area contributed by atoms with Crippen LogP contribution in [0.5, 0.6) is 0 Å². The highest BCUT2D eigenvalue weighted by Gasteiger charge is 2.01. The van der Waals surface area contributed by atoms with Crippen molar-refractivity contribution in [2.24, 2.45) is 5.73 Å². The molecule has 6 N–H and O–H groups in total. The van der Waals surface area contributed by atoms with Gasteiger partial charge in [0.1, 0.15) is 0 Å². The second-order valence-electron chi connectivity index (χ2n) is 4.02. The van der Waals surface area contributed by atoms with Crippen molar-refractivity contribution in [1.82, 2.24) is 21.3 Å². The molecular weight excluding hydrogens is 190 g/mol. The van der Waals surface area contributed by atoms with Gasteiger partial charge >= 0.3 is 0 Å². The molecule has 0 unspecified atom stereocenters. The Morgan fingerprint density at radius 3 is 1.67 bits per heavy atom. The van der Waals surface area contributed by atoms with Crippen molar-refractivity contribution < 1.29 is 0 Å². The van der Waals surface area contributed by atoms with Gasteiger partial charge in [0.05, 0.1) is 0 Å². The van der Waals surface area contributed by atoms with Gasteiger partial charge in [-0.1, -0.05) is 0 Å². The standard InChI is InChI=1S/C10H25N5/c11-10-8-14-6-4-12-2-1-3-13-5-7-15-9-10/h10,12-15H,1-9,11H2. The first kappa shape index (κ1) is 12.9. The van der Waals surface area contributed by atoms with Crippen LogP contribution in [0.3, 0.4) is 0 Å². The topological polar surface area (TPSA) is 74.1 Å². The van der Waals surface area contributed by atoms with E-state index in [1.807, 2.05) is 0 Å². The van der Waals surface area contributed by atoms with Crippen LogP contribution in [-0.2, 0) is 0 Å². The maximum Gasteiger partial charge on any atom is 0.0292 e. The predicted octanol–water partition coefficient (Wildman–Crippen LogP) is -1.92. The monoisotopic (exact) mass is 215 g/mol. The summed E-state index contributed by atoms with van der Waals surface area (Å²) in [5, 5.41) is 13.5. The summed E-state index contributed by atoms with van der Waals surface area (Å²) in [5.74, 6) is 0. The van der Waals surface area contributed by atoms with Gasteiger partial charge < -0.3 is 27.0 Å². The van der Waals surface area contributed by atoms with Gasteiger partial charge in [-0.25, -0.2) is 0 Å². The van der Waals surface area contributed by atoms with Crippen LogP contribution in [0.25, 0.3) is 0 Å². The van der Waals surface area contributed by atoms with E-state index in [1.165, 1.54) is 6.42 Å². The first-order chi connectivity index (χ1) is 7.39. The third kappa shape index (κ3) is 7.70. The largest absolute Gasteiger partial charge is 0.326 e. The first-order valence-electron chi connectivity index (χ1n) is 5.98. The fourth-order valence-electron chi connectivity index (χ4n) is 1.59. The van der Waals surface area contributed by atoms with E-state index in [-0.39, 0.29) is 6.04 Å². The molecule has 1 fully saturated rings. The average Bonchev–Trinajstić information content (AvgIpc) is 2.24. The molecule has 5 heteroatoms. The van der Waals surface area contributed by atoms with Crippen LogP contribution >= 0.6 is 0 Å². The summed E-state index contributed by atoms with van der Waals surface area (Å²) in [6.45, 7) is 8.02. The Balaban J connectivity index is 2.10. The normalized spacial score (nSPS) is 24.6. The lowest BCUT2D eigenvalue weighted by Gasteiger charge is -2.15. The maximum atomic E-state index is 5.92. The molecular formula is C10H25N5. The highest BCUT2D eigenvalue weighted by molar-refractivity contribution is 4.69. The molecule has 1 rings (SSSR count). The average molecular weight is 215 g/mol. The zero-order chi connectivity index (χ0) is 10.8. The van der Waals surface area contributed by atoms with Crippen molar-refractivity contribution >= 4 is 0 Å². The summed E-state index contributed by atoms with van der Waals surface area (Å²) in [5.41, 5.74) is 5.92. The Morgan fingerprint density at radius 1 is 0.667 bits per heavy atom. The Labute approximate surface area is 92.6 Å². The van der Waals surface area contributed by atoms with E-state index in [0.717, 1.165) is 52.4 Å². The molecule has 1 aliphatic heterocycles. The Bertz CT molecular complexity index is 128. The summed E-state index contributed by atoms with van der Waals surface area (Å²) in [7, 11) is 0. The van der Waals surface area contributed by atoms with E-state index in [0.29, 0.717) is 0 Å². The molecule has 90 valence electrons. The summed E-state index contributed by atoms with van der Waals surface area (Å²) >= 11 is 0. The van der Waals surface area contributed by atoms with Crippen LogP contribution in [0.2, 0.25) is 0 Å². The van der Waals surface area contributed by atoms with E-state index in [1.54, 1.807) is 0 Å². The van der Waals surface area contributed by atoms with Crippen molar-refractivity contribution in [3.05, 3.63) is 0 Å². The van der Waals surface area contributed by atoms with Gasteiger partial charge in [0, 0.05) is 45.3 Å². The molecule has 1 aliphatic rings. The lowest BCUT2D eigenvalue weighted by Crippen LogP contribution is -2.45. The lowest BCUT2D eigenvalue weighted by molar-refractivity contribution is 0.497. The van der Waals surface area contributed by atoms with Gasteiger partial charge in [0.25, 0.3) is 0 Å². The third-order valence-electron chi connectivity index (χ3n) is 2.48. The van der Waals surface area contributed by atoms with Crippen molar-refractivity contribution in [2.45, 2.75) is 12.5 Å². The van der Waals surface area contributed by atoms with Crippen LogP contribution in [0.4, 0.5) is 0 Å². The fourth-order valence-corrected chi connectivity index (χ4v) is 1.59. The molecule has 0 amide bonds. The summed E-state index contributed by atoms with van der Waals surface area (Å²) in [6.07, 6.45) is 1.19. The number of hydrogen-bond acceptors (Lipinski definition) is 5. The number of nitrogens with two attached hydrogens (primary N) is 1. The molecule has 0 bridgehead atoms. The maximum absolute atomic E-state index is 5.92. The summed E-state index contributed by atoms with van der Waals surface area (Å²) < 4.78 is 0. The van der Waals surface area contributed by atoms with Gasteiger partial charge in [-0.3, -0.25) is 0 Å². The second-order valence-corrected chi connectivity index (χ2v) is 4.02. The second kappa shape index (κ2) is 9.06. The highest BCUT2D eigenvalue weighted by atomic mass is 15.0. The SMILES string of the molecule is NC1CNCCNCCCNCCNC1. The summed E-state index contributed by atoms with van der Waals surface area (Å²) in [6, 6.07) is 0.216. The first-order valence-corrected chi connectivity index (χ1v) is 5.98. The fraction of sp³-hybridized carbons (Fsp3) is 1.00. The van der Waals surface area contributed by atoms with Crippen LogP contribution in [0, 0.1) is 0 Å². The molecule has 0 aromatic carbocycles. The van der Waals surface area contributed by atoms with Gasteiger partial charge in [0.15, 0.2) is 0 Å². The van der Waals surface area contributed by atoms with E-state index >= 15 is 0 Å². The zero-order valence-electron chi connectivity index (χ0n) is 9.52. The minimum Gasteiger partial charge on any atom is -0.326 e. The van der Waals surface area contributed by atoms with Gasteiger partial charge in [-0.05, 0) is 19.5 Å². The molecule has 0 radical (unpaired) electrons. The minimum absolute atomic E-state index is 0.216. The molecule has 1 heterocycles. The molecule has 0 saturated carbocycles. The molecule has 0 spiro atoms. The quantitative estimate of drug-likeness (QED) is 0.326. The van der Waals surface area contributed by atoms with Crippen LogP contribution in [0.1, 0.15) is 6.42 Å². The minimum atomic E-state index is 0.216. The van der Waals surface area contributed by atoms with Crippen LogP contribution in [-0.4, -0.2) is 58.4 Å². The predicted molar refractivity (Wildman–Crippen MR) is 64.1 cm³/mol. The molecule has 0 atom stereocenters. The third-order valence-corrected chi connectivity index (χ3v) is 2.48. The van der Waals surface area contributed by atoms with Crippen molar-refractivity contribution in [2.75, 3.05) is 52.4 Å². The molecule has 1 saturated heterocycles. The van der Waals surface area contributed by atoms with Crippen molar-refractivity contribution in [3.8, 4) is 0 Å². The van der Waals surface area contributed by atoms with Crippen LogP contribution < -0.4 is 27.0 Å². The molecule has 0 aliphatic carbocycles. The Morgan fingerprint density at radius 2 is 1.13 bits per heavy atom. The van der Waals surface area contributed by atoms with Crippen LogP contribution in [0.15, 0.2) is 0 Å². The smallest absolute Gasteiger partial charge is 0.0292 e. The van der Waals surface area contributed by atoms with E-state index in [4.69, 9.17) is 5.73 Å². The van der Waals surface area contributed by atoms with Crippen molar-refractivity contribution in [3.63, 3.8) is 0 Å². The number of hydrogen-bond donors (Lipinski definition) is 5. The van der Waals surface area contributed by atoms with Gasteiger partial charge in [-0.15, -0.1) is 0 Å². The Hall–Kier alpha value is -0.200. The van der Waals surface area contributed by atoms with E-state index < -0.39 is 0 Å². The highest BCUT2D eigenvalue weighted by Crippen LogP contribution is 1.76. The zero-order valence-corrected chi connectivity index (χ0v) is 9.52. The molecule has 0 aromatic heterocycles. The molecule has 5 nitrogen and oxygen atoms in total. The summed E-state index contributed by atoms with van der Waals surface area (Å²) in [4.78, 5) is 0. The van der Waals surface area contributed by atoms with E-state index in [9.17, 15) is 0 Å². The number of rotatable bonds is 0. The number of nitrogens with one attached hydrogen (secondary N) is 4. The molecule has 0 aromatic rings. The van der Waals surface area contributed by atoms with Crippen molar-refractivity contribution in [1.29, 1.82) is 0 Å². The molecule has 15 heavy (non-hydrogen) atoms. The van der Waals surface area contributed by atoms with Gasteiger partial charge in [-0.2, -0.15) is 0 Å². The Kier molecular flexibility index (Phi) is 7.77. The lowest BCUT2D eigenvalue weighted by atomic mass is 10.3. The van der Waals surface area contributed by atoms with Gasteiger partial charge in [0.2, 0.25) is 0 Å². The van der Waals surface area contributed by atoms with E-state index in [2.05, 4.69) is 21.3 Å².